The summed E-state index contributed by atoms with van der Waals surface area (Å²) in [6.07, 6.45) is 26.0. The highest BCUT2D eigenvalue weighted by molar-refractivity contribution is 7.47. The van der Waals surface area contributed by atoms with Crippen molar-refractivity contribution in [2.45, 2.75) is 167 Å². The van der Waals surface area contributed by atoms with Crippen LogP contribution in [-0.4, -0.2) is 64.9 Å². The number of amides is 1. The monoisotopic (exact) mass is 677 g/mol. The third-order valence-corrected chi connectivity index (χ3v) is 8.51. The van der Waals surface area contributed by atoms with E-state index in [0.29, 0.717) is 12.8 Å². The first kappa shape index (κ1) is 44.2. The van der Waals surface area contributed by atoms with Crippen LogP contribution in [0.15, 0.2) is 12.2 Å². The van der Waals surface area contributed by atoms with Gasteiger partial charge in [0, 0.05) is 12.8 Å². The Hall–Kier alpha value is -1.78. The topological polar surface area (TPSA) is 169 Å². The Balaban J connectivity index is 3.87. The van der Waals surface area contributed by atoms with Crippen molar-refractivity contribution in [3.8, 4) is 0 Å². The Morgan fingerprint density at radius 3 is 1.65 bits per heavy atom. The van der Waals surface area contributed by atoms with E-state index in [2.05, 4.69) is 31.3 Å². The average molecular weight is 678 g/mol. The first-order chi connectivity index (χ1) is 22.1. The zero-order chi connectivity index (χ0) is 34.3. The first-order valence-corrected chi connectivity index (χ1v) is 19.2. The average Bonchev–Trinajstić information content (AvgIpc) is 3.02. The summed E-state index contributed by atoms with van der Waals surface area (Å²) in [5.74, 6) is -2.39. The standard InChI is InChI=1S/C34H64NO10P/c1-3-5-7-9-10-11-12-13-14-15-16-17-18-19-20-22-24-26-33(38)43-27-30(36)28-44-46(41,42)45-29-31(34(39)40)35-32(37)25-23-21-8-6-4-2/h13-14,30-31,36H,3-12,15-29H2,1-2H3,(H,35,37)(H,39,40)(H,41,42)/b14-13-. The minimum Gasteiger partial charge on any atom is -0.480 e. The smallest absolute Gasteiger partial charge is 0.472 e. The van der Waals surface area contributed by atoms with Crippen molar-refractivity contribution in [3.63, 3.8) is 0 Å². The van der Waals surface area contributed by atoms with Crippen molar-refractivity contribution in [2.24, 2.45) is 0 Å². The molecule has 4 N–H and O–H groups in total. The number of esters is 1. The molecule has 0 spiro atoms. The number of carbonyl (C=O) groups excluding carboxylic acids is 2. The maximum absolute atomic E-state index is 12.1. The molecular weight excluding hydrogens is 613 g/mol. The Labute approximate surface area is 277 Å². The largest absolute Gasteiger partial charge is 0.480 e. The number of nitrogens with one attached hydrogen (secondary N) is 1. The summed E-state index contributed by atoms with van der Waals surface area (Å²) in [7, 11) is -4.73. The molecule has 0 aliphatic heterocycles. The number of carboxylic acids is 1. The maximum atomic E-state index is 12.1. The fourth-order valence-corrected chi connectivity index (χ4v) is 5.49. The highest BCUT2D eigenvalue weighted by Gasteiger charge is 2.28. The number of carbonyl (C=O) groups is 3. The van der Waals surface area contributed by atoms with Gasteiger partial charge >= 0.3 is 19.8 Å². The predicted molar refractivity (Wildman–Crippen MR) is 180 cm³/mol. The summed E-state index contributed by atoms with van der Waals surface area (Å²) in [6, 6.07) is -1.54. The van der Waals surface area contributed by atoms with Crippen LogP contribution in [0, 0.1) is 0 Å². The molecular formula is C34H64NO10P. The SMILES string of the molecule is CCCCCCCC/C=C\CCCCCCCCCC(=O)OCC(O)COP(=O)(O)OCC(NC(=O)CCCCCCC)C(=O)O. The molecule has 270 valence electrons. The lowest BCUT2D eigenvalue weighted by Crippen LogP contribution is -2.43. The third kappa shape index (κ3) is 29.6. The Kier molecular flexibility index (Phi) is 29.4. The van der Waals surface area contributed by atoms with Crippen LogP contribution in [0.4, 0.5) is 0 Å². The summed E-state index contributed by atoms with van der Waals surface area (Å²) in [6.45, 7) is 2.43. The lowest BCUT2D eigenvalue weighted by atomic mass is 10.1. The van der Waals surface area contributed by atoms with Gasteiger partial charge in [-0.2, -0.15) is 0 Å². The van der Waals surface area contributed by atoms with Crippen LogP contribution < -0.4 is 5.32 Å². The van der Waals surface area contributed by atoms with Crippen molar-refractivity contribution in [1.82, 2.24) is 5.32 Å². The second-order valence-electron chi connectivity index (χ2n) is 12.1. The zero-order valence-electron chi connectivity index (χ0n) is 28.6. The number of phosphoric acid groups is 1. The summed E-state index contributed by atoms with van der Waals surface area (Å²) < 4.78 is 26.5. The van der Waals surface area contributed by atoms with Gasteiger partial charge in [0.1, 0.15) is 12.7 Å². The van der Waals surface area contributed by atoms with Crippen molar-refractivity contribution in [3.05, 3.63) is 12.2 Å². The van der Waals surface area contributed by atoms with Crippen LogP contribution in [-0.2, 0) is 32.7 Å². The summed E-state index contributed by atoms with van der Waals surface area (Å²) in [5, 5.41) is 21.5. The van der Waals surface area contributed by atoms with E-state index in [1.807, 2.05) is 0 Å². The van der Waals surface area contributed by atoms with E-state index < -0.39 is 57.6 Å². The van der Waals surface area contributed by atoms with Gasteiger partial charge in [0.05, 0.1) is 13.2 Å². The van der Waals surface area contributed by atoms with Gasteiger partial charge in [-0.05, 0) is 38.5 Å². The molecule has 3 atom stereocenters. The second kappa shape index (κ2) is 30.5. The molecule has 11 nitrogen and oxygen atoms in total. The molecule has 0 saturated carbocycles. The van der Waals surface area contributed by atoms with Crippen molar-refractivity contribution >= 4 is 25.7 Å². The number of aliphatic hydroxyl groups excluding tert-OH is 1. The molecule has 0 bridgehead atoms. The van der Waals surface area contributed by atoms with Crippen LogP contribution in [0.5, 0.6) is 0 Å². The number of ether oxygens (including phenoxy) is 1. The quantitative estimate of drug-likeness (QED) is 0.0233. The molecule has 0 saturated heterocycles. The number of unbranched alkanes of at least 4 members (excludes halogenated alkanes) is 17. The number of aliphatic hydroxyl groups is 1. The van der Waals surface area contributed by atoms with E-state index >= 15 is 0 Å². The van der Waals surface area contributed by atoms with E-state index in [9.17, 15) is 34.1 Å². The van der Waals surface area contributed by atoms with Gasteiger partial charge < -0.3 is 25.2 Å². The van der Waals surface area contributed by atoms with Crippen molar-refractivity contribution in [1.29, 1.82) is 0 Å². The van der Waals surface area contributed by atoms with Gasteiger partial charge in [-0.3, -0.25) is 18.6 Å². The molecule has 3 unspecified atom stereocenters. The lowest BCUT2D eigenvalue weighted by molar-refractivity contribution is -0.147. The number of phosphoric ester groups is 1. The van der Waals surface area contributed by atoms with Gasteiger partial charge in [0.15, 0.2) is 6.04 Å². The van der Waals surface area contributed by atoms with Crippen molar-refractivity contribution in [2.75, 3.05) is 19.8 Å². The van der Waals surface area contributed by atoms with Gasteiger partial charge in [0.25, 0.3) is 0 Å². The number of aliphatic carboxylic acids is 1. The Morgan fingerprint density at radius 1 is 0.674 bits per heavy atom. The van der Waals surface area contributed by atoms with Crippen LogP contribution >= 0.6 is 7.82 Å². The molecule has 0 fully saturated rings. The van der Waals surface area contributed by atoms with Gasteiger partial charge in [-0.1, -0.05) is 116 Å². The first-order valence-electron chi connectivity index (χ1n) is 17.7. The van der Waals surface area contributed by atoms with Crippen LogP contribution in [0.1, 0.15) is 155 Å². The van der Waals surface area contributed by atoms with Crippen LogP contribution in [0.2, 0.25) is 0 Å². The molecule has 0 rings (SSSR count). The fraction of sp³-hybridized carbons (Fsp3) is 0.853. The maximum Gasteiger partial charge on any atom is 0.472 e. The summed E-state index contributed by atoms with van der Waals surface area (Å²) in [4.78, 5) is 45.2. The molecule has 0 heterocycles. The van der Waals surface area contributed by atoms with E-state index in [0.717, 1.165) is 51.4 Å². The molecule has 0 aromatic heterocycles. The molecule has 46 heavy (non-hydrogen) atoms. The van der Waals surface area contributed by atoms with Crippen LogP contribution in [0.3, 0.4) is 0 Å². The number of rotatable bonds is 33. The highest BCUT2D eigenvalue weighted by atomic mass is 31.2. The highest BCUT2D eigenvalue weighted by Crippen LogP contribution is 2.43. The Bertz CT molecular complexity index is 854. The number of allylic oxidation sites excluding steroid dienone is 2. The number of hydrogen-bond acceptors (Lipinski definition) is 8. The van der Waals surface area contributed by atoms with Gasteiger partial charge in [0.2, 0.25) is 5.91 Å². The molecule has 0 radical (unpaired) electrons. The molecule has 0 aromatic carbocycles. The van der Waals surface area contributed by atoms with Crippen molar-refractivity contribution < 1.29 is 47.8 Å². The number of hydrogen-bond donors (Lipinski definition) is 4. The predicted octanol–water partition coefficient (Wildman–Crippen LogP) is 7.77. The van der Waals surface area contributed by atoms with Gasteiger partial charge in [-0.25, -0.2) is 9.36 Å². The molecule has 1 amide bonds. The minimum absolute atomic E-state index is 0.142. The van der Waals surface area contributed by atoms with E-state index in [1.54, 1.807) is 0 Å². The van der Waals surface area contributed by atoms with Crippen LogP contribution in [0.25, 0.3) is 0 Å². The van der Waals surface area contributed by atoms with Gasteiger partial charge in [-0.15, -0.1) is 0 Å². The minimum atomic E-state index is -4.73. The molecule has 0 aliphatic rings. The molecule has 0 aromatic rings. The fourth-order valence-electron chi connectivity index (χ4n) is 4.72. The number of carboxylic acid groups (broad SMARTS) is 1. The Morgan fingerprint density at radius 2 is 1.13 bits per heavy atom. The van der Waals surface area contributed by atoms with E-state index in [1.165, 1.54) is 64.2 Å². The van der Waals surface area contributed by atoms with E-state index in [4.69, 9.17) is 13.8 Å². The third-order valence-electron chi connectivity index (χ3n) is 7.55. The molecule has 12 heteroatoms. The molecule has 0 aliphatic carbocycles. The lowest BCUT2D eigenvalue weighted by Gasteiger charge is -2.18. The van der Waals surface area contributed by atoms with E-state index in [-0.39, 0.29) is 12.8 Å². The summed E-state index contributed by atoms with van der Waals surface area (Å²) in [5.41, 5.74) is 0. The second-order valence-corrected chi connectivity index (χ2v) is 13.5. The zero-order valence-corrected chi connectivity index (χ0v) is 29.5. The summed E-state index contributed by atoms with van der Waals surface area (Å²) >= 11 is 0. The normalized spacial score (nSPS) is 14.2.